The highest BCUT2D eigenvalue weighted by molar-refractivity contribution is 7.89. The smallest absolute Gasteiger partial charge is 0.243 e. The third-order valence-corrected chi connectivity index (χ3v) is 5.64. The number of carbonyl (C=O) groups excluding carboxylic acids is 1. The van der Waals surface area contributed by atoms with E-state index in [-0.39, 0.29) is 17.2 Å². The molecule has 1 aromatic heterocycles. The topological polar surface area (TPSA) is 70.6 Å². The van der Waals surface area contributed by atoms with Gasteiger partial charge in [0.2, 0.25) is 10.0 Å². The standard InChI is InChI=1S/C18H23N3O3S/c1-15(22)17-6-8-18(9-7-17)25(23,24)21(12-11-20(2)3)14-16-5-4-10-19-13-16/h4-10,13H,11-12,14H2,1-3H3. The molecule has 7 heteroatoms. The number of Topliss-reactive ketones (excluding diaryl/α,β-unsaturated/α-hetero) is 1. The molecule has 25 heavy (non-hydrogen) atoms. The predicted octanol–water partition coefficient (Wildman–Crippen LogP) is 2.04. The Morgan fingerprint density at radius 2 is 1.76 bits per heavy atom. The Labute approximate surface area is 149 Å². The number of pyridine rings is 1. The lowest BCUT2D eigenvalue weighted by Crippen LogP contribution is -2.36. The van der Waals surface area contributed by atoms with Crippen LogP contribution in [0.3, 0.4) is 0 Å². The fourth-order valence-electron chi connectivity index (χ4n) is 2.30. The van der Waals surface area contributed by atoms with Crippen LogP contribution in [0.1, 0.15) is 22.8 Å². The van der Waals surface area contributed by atoms with E-state index >= 15 is 0 Å². The zero-order valence-corrected chi connectivity index (χ0v) is 15.5. The van der Waals surface area contributed by atoms with Crippen LogP contribution in [0.2, 0.25) is 0 Å². The summed E-state index contributed by atoms with van der Waals surface area (Å²) >= 11 is 0. The summed E-state index contributed by atoms with van der Waals surface area (Å²) in [5, 5.41) is 0. The van der Waals surface area contributed by atoms with Crippen LogP contribution in [0.4, 0.5) is 0 Å². The Bertz CT molecular complexity index is 803. The first-order valence-corrected chi connectivity index (χ1v) is 9.39. The van der Waals surface area contributed by atoms with Gasteiger partial charge in [-0.15, -0.1) is 0 Å². The molecule has 0 spiro atoms. The molecule has 0 saturated carbocycles. The Morgan fingerprint density at radius 1 is 1.08 bits per heavy atom. The summed E-state index contributed by atoms with van der Waals surface area (Å²) in [6.45, 7) is 2.66. The number of ketones is 1. The number of hydrogen-bond donors (Lipinski definition) is 0. The highest BCUT2D eigenvalue weighted by Crippen LogP contribution is 2.19. The van der Waals surface area contributed by atoms with E-state index in [2.05, 4.69) is 4.98 Å². The van der Waals surface area contributed by atoms with Gasteiger partial charge in [-0.1, -0.05) is 18.2 Å². The van der Waals surface area contributed by atoms with E-state index in [4.69, 9.17) is 0 Å². The predicted molar refractivity (Wildman–Crippen MR) is 96.8 cm³/mol. The SMILES string of the molecule is CC(=O)c1ccc(S(=O)(=O)N(CCN(C)C)Cc2cccnc2)cc1. The third kappa shape index (κ3) is 5.19. The molecule has 0 saturated heterocycles. The maximum Gasteiger partial charge on any atom is 0.243 e. The van der Waals surface area contributed by atoms with Crippen molar-refractivity contribution in [2.24, 2.45) is 0 Å². The lowest BCUT2D eigenvalue weighted by molar-refractivity contribution is 0.101. The van der Waals surface area contributed by atoms with Crippen LogP contribution in [0.25, 0.3) is 0 Å². The van der Waals surface area contributed by atoms with E-state index in [0.29, 0.717) is 18.7 Å². The minimum Gasteiger partial charge on any atom is -0.308 e. The molecule has 2 aromatic rings. The molecule has 0 atom stereocenters. The zero-order chi connectivity index (χ0) is 18.4. The van der Waals surface area contributed by atoms with Gasteiger partial charge in [0.1, 0.15) is 0 Å². The van der Waals surface area contributed by atoms with Gasteiger partial charge in [0, 0.05) is 37.6 Å². The maximum absolute atomic E-state index is 13.0. The van der Waals surface area contributed by atoms with Gasteiger partial charge < -0.3 is 4.90 Å². The Balaban J connectivity index is 2.31. The number of benzene rings is 1. The first-order chi connectivity index (χ1) is 11.8. The molecule has 0 radical (unpaired) electrons. The molecule has 0 unspecified atom stereocenters. The summed E-state index contributed by atoms with van der Waals surface area (Å²) in [5.74, 6) is -0.0937. The normalized spacial score (nSPS) is 11.9. The molecule has 6 nitrogen and oxygen atoms in total. The van der Waals surface area contributed by atoms with Crippen LogP contribution in [-0.4, -0.2) is 55.6 Å². The summed E-state index contributed by atoms with van der Waals surface area (Å²) in [7, 11) is 0.129. The number of carbonyl (C=O) groups is 1. The summed E-state index contributed by atoms with van der Waals surface area (Å²) in [4.78, 5) is 17.6. The monoisotopic (exact) mass is 361 g/mol. The van der Waals surface area contributed by atoms with Gasteiger partial charge in [-0.25, -0.2) is 8.42 Å². The van der Waals surface area contributed by atoms with E-state index in [0.717, 1.165) is 5.56 Å². The highest BCUT2D eigenvalue weighted by Gasteiger charge is 2.24. The molecule has 0 fully saturated rings. The van der Waals surface area contributed by atoms with E-state index in [1.165, 1.54) is 23.4 Å². The van der Waals surface area contributed by atoms with Gasteiger partial charge in [-0.2, -0.15) is 4.31 Å². The van der Waals surface area contributed by atoms with Crippen molar-refractivity contribution in [3.05, 3.63) is 59.9 Å². The molecule has 0 amide bonds. The highest BCUT2D eigenvalue weighted by atomic mass is 32.2. The van der Waals surface area contributed by atoms with Crippen molar-refractivity contribution in [3.63, 3.8) is 0 Å². The average molecular weight is 361 g/mol. The second kappa shape index (κ2) is 8.33. The van der Waals surface area contributed by atoms with E-state index in [1.807, 2.05) is 25.1 Å². The maximum atomic E-state index is 13.0. The number of rotatable bonds is 8. The lowest BCUT2D eigenvalue weighted by atomic mass is 10.2. The van der Waals surface area contributed by atoms with Crippen LogP contribution in [0.15, 0.2) is 53.7 Å². The first kappa shape index (κ1) is 19.2. The number of hydrogen-bond acceptors (Lipinski definition) is 5. The zero-order valence-electron chi connectivity index (χ0n) is 14.7. The van der Waals surface area contributed by atoms with Crippen LogP contribution < -0.4 is 0 Å². The van der Waals surface area contributed by atoms with Crippen molar-refractivity contribution in [2.45, 2.75) is 18.4 Å². The quantitative estimate of drug-likeness (QED) is 0.673. The molecular weight excluding hydrogens is 338 g/mol. The second-order valence-electron chi connectivity index (χ2n) is 6.08. The summed E-state index contributed by atoms with van der Waals surface area (Å²) in [6.07, 6.45) is 3.32. The van der Waals surface area contributed by atoms with Gasteiger partial charge in [0.05, 0.1) is 4.90 Å². The van der Waals surface area contributed by atoms with Gasteiger partial charge in [0.15, 0.2) is 5.78 Å². The largest absolute Gasteiger partial charge is 0.308 e. The molecule has 0 aliphatic rings. The van der Waals surface area contributed by atoms with E-state index in [9.17, 15) is 13.2 Å². The molecule has 0 aliphatic heterocycles. The molecule has 2 rings (SSSR count). The average Bonchev–Trinajstić information content (AvgIpc) is 2.59. The molecule has 0 aliphatic carbocycles. The van der Waals surface area contributed by atoms with Crippen molar-refractivity contribution >= 4 is 15.8 Å². The molecular formula is C18H23N3O3S. The van der Waals surface area contributed by atoms with Gasteiger partial charge in [-0.05, 0) is 44.8 Å². The van der Waals surface area contributed by atoms with Crippen molar-refractivity contribution in [2.75, 3.05) is 27.2 Å². The number of likely N-dealkylation sites (N-methyl/N-ethyl adjacent to an activating group) is 1. The Hall–Kier alpha value is -2.09. The summed E-state index contributed by atoms with van der Waals surface area (Å²) in [6, 6.07) is 9.69. The fourth-order valence-corrected chi connectivity index (χ4v) is 3.72. The third-order valence-electron chi connectivity index (χ3n) is 3.78. The Kier molecular flexibility index (Phi) is 6.41. The number of aromatic nitrogens is 1. The van der Waals surface area contributed by atoms with E-state index < -0.39 is 10.0 Å². The van der Waals surface area contributed by atoms with Gasteiger partial charge in [-0.3, -0.25) is 9.78 Å². The lowest BCUT2D eigenvalue weighted by Gasteiger charge is -2.24. The van der Waals surface area contributed by atoms with Crippen molar-refractivity contribution < 1.29 is 13.2 Å². The van der Waals surface area contributed by atoms with Crippen molar-refractivity contribution in [3.8, 4) is 0 Å². The molecule has 1 aromatic carbocycles. The molecule has 1 heterocycles. The van der Waals surface area contributed by atoms with E-state index in [1.54, 1.807) is 30.6 Å². The van der Waals surface area contributed by atoms with Crippen LogP contribution in [0.5, 0.6) is 0 Å². The summed E-state index contributed by atoms with van der Waals surface area (Å²) in [5.41, 5.74) is 1.32. The van der Waals surface area contributed by atoms with Crippen LogP contribution >= 0.6 is 0 Å². The molecule has 134 valence electrons. The minimum absolute atomic E-state index is 0.0937. The second-order valence-corrected chi connectivity index (χ2v) is 8.02. The Morgan fingerprint density at radius 3 is 2.28 bits per heavy atom. The minimum atomic E-state index is -3.67. The van der Waals surface area contributed by atoms with Gasteiger partial charge in [0.25, 0.3) is 0 Å². The molecule has 0 bridgehead atoms. The summed E-state index contributed by atoms with van der Waals surface area (Å²) < 4.78 is 27.5. The number of sulfonamides is 1. The van der Waals surface area contributed by atoms with Crippen molar-refractivity contribution in [1.29, 1.82) is 0 Å². The van der Waals surface area contributed by atoms with Gasteiger partial charge >= 0.3 is 0 Å². The first-order valence-electron chi connectivity index (χ1n) is 7.95. The number of nitrogens with zero attached hydrogens (tertiary/aromatic N) is 3. The molecule has 0 N–H and O–H groups in total. The van der Waals surface area contributed by atoms with Crippen LogP contribution in [0, 0.1) is 0 Å². The fraction of sp³-hybridized carbons (Fsp3) is 0.333. The van der Waals surface area contributed by atoms with Crippen LogP contribution in [-0.2, 0) is 16.6 Å². The van der Waals surface area contributed by atoms with Crippen molar-refractivity contribution in [1.82, 2.24) is 14.2 Å².